The fraction of sp³-hybridized carbons (Fsp3) is 0.333. The monoisotopic (exact) mass is 378 g/mol. The van der Waals surface area contributed by atoms with Crippen molar-refractivity contribution >= 4 is 24.8 Å². The minimum absolute atomic E-state index is 0. The molecule has 1 saturated heterocycles. The molecule has 2 nitrogen and oxygen atoms in total. The van der Waals surface area contributed by atoms with Crippen molar-refractivity contribution < 1.29 is 0 Å². The van der Waals surface area contributed by atoms with E-state index in [0.717, 1.165) is 32.6 Å². The largest absolute Gasteiger partial charge is 0.314 e. The summed E-state index contributed by atoms with van der Waals surface area (Å²) in [6.45, 7) is 10.6. The van der Waals surface area contributed by atoms with Crippen molar-refractivity contribution in [2.45, 2.75) is 19.4 Å². The normalized spacial score (nSPS) is 15.6. The van der Waals surface area contributed by atoms with Crippen molar-refractivity contribution in [1.82, 2.24) is 10.2 Å². The number of benzene rings is 2. The Labute approximate surface area is 164 Å². The van der Waals surface area contributed by atoms with E-state index in [1.165, 1.54) is 22.3 Å². The van der Waals surface area contributed by atoms with Crippen LogP contribution in [0.15, 0.2) is 66.7 Å². The van der Waals surface area contributed by atoms with Crippen molar-refractivity contribution in [3.05, 3.63) is 72.3 Å². The molecule has 0 aliphatic carbocycles. The van der Waals surface area contributed by atoms with E-state index >= 15 is 0 Å². The lowest BCUT2D eigenvalue weighted by Crippen LogP contribution is -2.45. The molecular weight excluding hydrogens is 351 g/mol. The van der Waals surface area contributed by atoms with Gasteiger partial charge in [-0.15, -0.1) is 31.4 Å². The lowest BCUT2D eigenvalue weighted by Gasteiger charge is -2.35. The summed E-state index contributed by atoms with van der Waals surface area (Å²) in [5.74, 6) is 0. The molecule has 4 heteroatoms. The smallest absolute Gasteiger partial charge is 0.0386 e. The Bertz CT molecular complexity index is 652. The van der Waals surface area contributed by atoms with Crippen molar-refractivity contribution in [1.29, 1.82) is 0 Å². The molecule has 0 radical (unpaired) electrons. The van der Waals surface area contributed by atoms with E-state index in [2.05, 4.69) is 78.3 Å². The number of piperazine rings is 1. The fourth-order valence-corrected chi connectivity index (χ4v) is 3.34. The van der Waals surface area contributed by atoms with Crippen LogP contribution in [0.3, 0.4) is 0 Å². The maximum atomic E-state index is 4.15. The molecule has 2 aromatic rings. The third-order valence-corrected chi connectivity index (χ3v) is 4.51. The van der Waals surface area contributed by atoms with E-state index in [0.29, 0.717) is 6.04 Å². The molecule has 2 aromatic carbocycles. The molecule has 1 fully saturated rings. The van der Waals surface area contributed by atoms with Gasteiger partial charge in [0.15, 0.2) is 0 Å². The predicted octanol–water partition coefficient (Wildman–Crippen LogP) is 5.11. The molecule has 0 saturated carbocycles. The topological polar surface area (TPSA) is 15.3 Å². The van der Waals surface area contributed by atoms with E-state index in [1.54, 1.807) is 0 Å². The van der Waals surface area contributed by atoms with Crippen LogP contribution < -0.4 is 5.32 Å². The van der Waals surface area contributed by atoms with Crippen LogP contribution in [-0.4, -0.2) is 31.1 Å². The molecule has 0 bridgehead atoms. The molecule has 0 aromatic heterocycles. The third-order valence-electron chi connectivity index (χ3n) is 4.51. The Morgan fingerprint density at radius 2 is 1.64 bits per heavy atom. The second kappa shape index (κ2) is 10.6. The molecule has 1 N–H and O–H groups in total. The van der Waals surface area contributed by atoms with E-state index in [4.69, 9.17) is 0 Å². The Hall–Kier alpha value is -1.32. The number of hydrogen-bond donors (Lipinski definition) is 1. The van der Waals surface area contributed by atoms with Gasteiger partial charge in [0, 0.05) is 32.2 Å². The van der Waals surface area contributed by atoms with Crippen LogP contribution in [0.2, 0.25) is 0 Å². The van der Waals surface area contributed by atoms with Crippen LogP contribution in [0.4, 0.5) is 0 Å². The van der Waals surface area contributed by atoms with E-state index in [9.17, 15) is 0 Å². The van der Waals surface area contributed by atoms with Crippen LogP contribution in [-0.2, 0) is 0 Å². The first-order chi connectivity index (χ1) is 11.2. The highest BCUT2D eigenvalue weighted by Crippen LogP contribution is 2.30. The fourth-order valence-electron chi connectivity index (χ4n) is 3.34. The second-order valence-corrected chi connectivity index (χ2v) is 6.45. The van der Waals surface area contributed by atoms with Gasteiger partial charge in [-0.05, 0) is 36.1 Å². The molecule has 1 aliphatic heterocycles. The molecule has 0 amide bonds. The second-order valence-electron chi connectivity index (χ2n) is 6.45. The van der Waals surface area contributed by atoms with Gasteiger partial charge in [-0.3, -0.25) is 4.90 Å². The Balaban J connectivity index is 0.00000156. The van der Waals surface area contributed by atoms with Crippen molar-refractivity contribution in [2.75, 3.05) is 26.2 Å². The van der Waals surface area contributed by atoms with Gasteiger partial charge in [0.2, 0.25) is 0 Å². The van der Waals surface area contributed by atoms with Gasteiger partial charge in [-0.2, -0.15) is 0 Å². The standard InChI is InChI=1S/C21H26N2.2ClH/c1-17(2)15-21(23-13-11-22-12-14-23)20-10-6-9-19(16-20)18-7-4-3-5-8-18;;/h3-10,16,21-22H,1,11-15H2,2H3;2*1H/t21-;;/m1../s1. The summed E-state index contributed by atoms with van der Waals surface area (Å²) < 4.78 is 0. The van der Waals surface area contributed by atoms with Gasteiger partial charge >= 0.3 is 0 Å². The minimum Gasteiger partial charge on any atom is -0.314 e. The van der Waals surface area contributed by atoms with Crippen molar-refractivity contribution in [2.24, 2.45) is 0 Å². The van der Waals surface area contributed by atoms with Gasteiger partial charge < -0.3 is 5.32 Å². The lowest BCUT2D eigenvalue weighted by molar-refractivity contribution is 0.172. The number of halogens is 2. The lowest BCUT2D eigenvalue weighted by atomic mass is 9.94. The summed E-state index contributed by atoms with van der Waals surface area (Å²) in [5, 5.41) is 3.45. The van der Waals surface area contributed by atoms with Gasteiger partial charge in [0.25, 0.3) is 0 Å². The van der Waals surface area contributed by atoms with Crippen LogP contribution in [0.25, 0.3) is 11.1 Å². The minimum atomic E-state index is 0. The van der Waals surface area contributed by atoms with Crippen molar-refractivity contribution in [3.8, 4) is 11.1 Å². The summed E-state index contributed by atoms with van der Waals surface area (Å²) in [5.41, 5.74) is 5.23. The number of hydrogen-bond acceptors (Lipinski definition) is 2. The molecule has 0 unspecified atom stereocenters. The molecule has 25 heavy (non-hydrogen) atoms. The highest BCUT2D eigenvalue weighted by molar-refractivity contribution is 5.85. The number of nitrogens with one attached hydrogen (secondary N) is 1. The first kappa shape index (κ1) is 21.7. The molecule has 0 spiro atoms. The zero-order valence-electron chi connectivity index (χ0n) is 14.8. The first-order valence-electron chi connectivity index (χ1n) is 8.48. The Kier molecular flexibility index (Phi) is 9.23. The highest BCUT2D eigenvalue weighted by atomic mass is 35.5. The van der Waals surface area contributed by atoms with E-state index in [-0.39, 0.29) is 24.8 Å². The number of rotatable bonds is 5. The molecular formula is C21H28Cl2N2. The van der Waals surface area contributed by atoms with Crippen LogP contribution in [0.1, 0.15) is 24.9 Å². The average molecular weight is 379 g/mol. The first-order valence-corrected chi connectivity index (χ1v) is 8.48. The summed E-state index contributed by atoms with van der Waals surface area (Å²) in [7, 11) is 0. The van der Waals surface area contributed by atoms with Gasteiger partial charge in [-0.1, -0.05) is 54.1 Å². The van der Waals surface area contributed by atoms with Gasteiger partial charge in [0.1, 0.15) is 0 Å². The zero-order chi connectivity index (χ0) is 16.1. The summed E-state index contributed by atoms with van der Waals surface area (Å²) >= 11 is 0. The molecule has 1 aliphatic rings. The summed E-state index contributed by atoms with van der Waals surface area (Å²) in [4.78, 5) is 2.59. The Morgan fingerprint density at radius 3 is 2.28 bits per heavy atom. The average Bonchev–Trinajstić information content (AvgIpc) is 2.61. The summed E-state index contributed by atoms with van der Waals surface area (Å²) in [6.07, 6.45) is 1.03. The van der Waals surface area contributed by atoms with Gasteiger partial charge in [0.05, 0.1) is 0 Å². The molecule has 136 valence electrons. The predicted molar refractivity (Wildman–Crippen MR) is 113 cm³/mol. The highest BCUT2D eigenvalue weighted by Gasteiger charge is 2.22. The Morgan fingerprint density at radius 1 is 1.00 bits per heavy atom. The van der Waals surface area contributed by atoms with E-state index < -0.39 is 0 Å². The van der Waals surface area contributed by atoms with Crippen LogP contribution in [0.5, 0.6) is 0 Å². The van der Waals surface area contributed by atoms with E-state index in [1.807, 2.05) is 0 Å². The number of nitrogens with zero attached hydrogens (tertiary/aromatic N) is 1. The molecule has 1 atom stereocenters. The maximum Gasteiger partial charge on any atom is 0.0386 e. The third kappa shape index (κ3) is 5.86. The maximum absolute atomic E-state index is 4.15. The van der Waals surface area contributed by atoms with Crippen LogP contribution >= 0.6 is 24.8 Å². The molecule has 1 heterocycles. The SMILES string of the molecule is C=C(C)C[C@H](c1cccc(-c2ccccc2)c1)N1CCNCC1.Cl.Cl. The van der Waals surface area contributed by atoms with Crippen molar-refractivity contribution in [3.63, 3.8) is 0 Å². The zero-order valence-corrected chi connectivity index (χ0v) is 16.4. The van der Waals surface area contributed by atoms with Crippen LogP contribution in [0, 0.1) is 0 Å². The quantitative estimate of drug-likeness (QED) is 0.727. The van der Waals surface area contributed by atoms with Gasteiger partial charge in [-0.25, -0.2) is 0 Å². The summed E-state index contributed by atoms with van der Waals surface area (Å²) in [6, 6.07) is 20.1. The molecule has 3 rings (SSSR count).